The monoisotopic (exact) mass is 240 g/mol. The number of aromatic nitrogens is 5. The Balaban J connectivity index is 2.07. The number of amides is 1. The lowest BCUT2D eigenvalue weighted by Crippen LogP contribution is -2.25. The number of hydrogen-bond donors (Lipinski definition) is 2. The highest BCUT2D eigenvalue weighted by atomic mass is 19.2. The fourth-order valence-electron chi connectivity index (χ4n) is 1.11. The minimum atomic E-state index is -1.32. The molecule has 1 amide bonds. The Morgan fingerprint density at radius 2 is 2.29 bits per heavy atom. The lowest BCUT2D eigenvalue weighted by Gasteiger charge is -2.03. The quantitative estimate of drug-likeness (QED) is 0.724. The first-order valence-corrected chi connectivity index (χ1v) is 4.49. The molecule has 2 aromatic heterocycles. The maximum absolute atomic E-state index is 13.2. The summed E-state index contributed by atoms with van der Waals surface area (Å²) in [6.07, 6.45) is 1.00. The predicted molar refractivity (Wildman–Crippen MR) is 49.5 cm³/mol. The fraction of sp³-hybridized carbons (Fsp3) is 0.125. The van der Waals surface area contributed by atoms with E-state index in [1.165, 1.54) is 0 Å². The van der Waals surface area contributed by atoms with Crippen LogP contribution in [0, 0.1) is 11.8 Å². The van der Waals surface area contributed by atoms with Gasteiger partial charge in [0.05, 0.1) is 12.1 Å². The predicted octanol–water partition coefficient (Wildman–Crippen LogP) is -0.197. The Kier molecular flexibility index (Phi) is 2.99. The maximum Gasteiger partial charge on any atom is 0.254 e. The number of nitrogens with zero attached hydrogens (tertiary/aromatic N) is 4. The number of halogens is 2. The van der Waals surface area contributed by atoms with Crippen molar-refractivity contribution in [3.8, 4) is 0 Å². The molecule has 0 atom stereocenters. The first-order valence-electron chi connectivity index (χ1n) is 4.49. The normalized spacial score (nSPS) is 10.2. The second-order valence-electron chi connectivity index (χ2n) is 2.97. The van der Waals surface area contributed by atoms with Crippen LogP contribution in [0.3, 0.4) is 0 Å². The van der Waals surface area contributed by atoms with Gasteiger partial charge in [0.2, 0.25) is 5.95 Å². The number of aromatic amines is 1. The average molecular weight is 240 g/mol. The van der Waals surface area contributed by atoms with Crippen LogP contribution in [-0.4, -0.2) is 31.5 Å². The van der Waals surface area contributed by atoms with Gasteiger partial charge in [-0.15, -0.1) is 10.2 Å². The molecule has 0 aliphatic carbocycles. The van der Waals surface area contributed by atoms with Gasteiger partial charge in [0.1, 0.15) is 0 Å². The van der Waals surface area contributed by atoms with Crippen LogP contribution >= 0.6 is 0 Å². The number of rotatable bonds is 3. The van der Waals surface area contributed by atoms with Gasteiger partial charge in [-0.2, -0.15) is 9.60 Å². The largest absolute Gasteiger partial charge is 0.344 e. The Morgan fingerprint density at radius 3 is 3.00 bits per heavy atom. The minimum Gasteiger partial charge on any atom is -0.344 e. The van der Waals surface area contributed by atoms with Crippen molar-refractivity contribution in [2.24, 2.45) is 0 Å². The topological polar surface area (TPSA) is 96.5 Å². The molecule has 0 spiro atoms. The van der Waals surface area contributed by atoms with Gasteiger partial charge in [-0.1, -0.05) is 5.21 Å². The molecule has 2 rings (SSSR count). The zero-order chi connectivity index (χ0) is 12.3. The Bertz CT molecular complexity index is 529. The molecule has 0 bridgehead atoms. The number of nitrogens with one attached hydrogen (secondary N) is 2. The highest BCUT2D eigenvalue weighted by Crippen LogP contribution is 2.08. The number of carbonyl (C=O) groups excluding carboxylic acids is 1. The van der Waals surface area contributed by atoms with Gasteiger partial charge in [0.25, 0.3) is 5.91 Å². The van der Waals surface area contributed by atoms with Crippen molar-refractivity contribution >= 4 is 5.91 Å². The number of carbonyl (C=O) groups is 1. The van der Waals surface area contributed by atoms with Crippen LogP contribution < -0.4 is 5.32 Å². The molecular weight excluding hydrogens is 234 g/mol. The molecule has 88 valence electrons. The first-order chi connectivity index (χ1) is 8.18. The summed E-state index contributed by atoms with van der Waals surface area (Å²) >= 11 is 0. The molecule has 9 heteroatoms. The van der Waals surface area contributed by atoms with Gasteiger partial charge in [-0.3, -0.25) is 4.79 Å². The van der Waals surface area contributed by atoms with Crippen LogP contribution in [0.5, 0.6) is 0 Å². The number of tetrazole rings is 1. The molecule has 2 aromatic rings. The fourth-order valence-corrected chi connectivity index (χ4v) is 1.11. The molecule has 0 unspecified atom stereocenters. The third kappa shape index (κ3) is 2.38. The highest BCUT2D eigenvalue weighted by molar-refractivity contribution is 5.94. The SMILES string of the molecule is O=C(NCc1nn[nH]n1)c1ccnc(F)c1F. The number of hydrogen-bond acceptors (Lipinski definition) is 5. The molecule has 0 fully saturated rings. The van der Waals surface area contributed by atoms with E-state index in [2.05, 4.69) is 30.9 Å². The summed E-state index contributed by atoms with van der Waals surface area (Å²) in [7, 11) is 0. The van der Waals surface area contributed by atoms with E-state index < -0.39 is 23.2 Å². The summed E-state index contributed by atoms with van der Waals surface area (Å²) in [5.74, 6) is -3.17. The van der Waals surface area contributed by atoms with Gasteiger partial charge in [0, 0.05) is 6.20 Å². The number of pyridine rings is 1. The van der Waals surface area contributed by atoms with Crippen LogP contribution in [0.2, 0.25) is 0 Å². The average Bonchev–Trinajstić information content (AvgIpc) is 2.82. The summed E-state index contributed by atoms with van der Waals surface area (Å²) in [4.78, 5) is 14.6. The van der Waals surface area contributed by atoms with E-state index in [0.29, 0.717) is 0 Å². The molecule has 0 radical (unpaired) electrons. The van der Waals surface area contributed by atoms with Gasteiger partial charge in [0.15, 0.2) is 11.6 Å². The van der Waals surface area contributed by atoms with E-state index in [1.807, 2.05) is 0 Å². The first kappa shape index (κ1) is 11.0. The van der Waals surface area contributed by atoms with Gasteiger partial charge in [-0.05, 0) is 6.07 Å². The molecule has 0 aliphatic rings. The lowest BCUT2D eigenvalue weighted by atomic mass is 10.2. The third-order valence-corrected chi connectivity index (χ3v) is 1.89. The Morgan fingerprint density at radius 1 is 1.47 bits per heavy atom. The van der Waals surface area contributed by atoms with Gasteiger partial charge < -0.3 is 5.32 Å². The second-order valence-corrected chi connectivity index (χ2v) is 2.97. The van der Waals surface area contributed by atoms with Crippen molar-refractivity contribution in [1.82, 2.24) is 30.9 Å². The van der Waals surface area contributed by atoms with Crippen LogP contribution in [0.4, 0.5) is 8.78 Å². The molecule has 0 aromatic carbocycles. The molecule has 0 saturated carbocycles. The Hall–Kier alpha value is -2.45. The lowest BCUT2D eigenvalue weighted by molar-refractivity contribution is 0.0944. The molecule has 0 aliphatic heterocycles. The second kappa shape index (κ2) is 4.60. The molecule has 0 saturated heterocycles. The van der Waals surface area contributed by atoms with Crippen molar-refractivity contribution in [1.29, 1.82) is 0 Å². The van der Waals surface area contributed by atoms with Gasteiger partial charge in [-0.25, -0.2) is 9.37 Å². The van der Waals surface area contributed by atoms with Crippen LogP contribution in [-0.2, 0) is 6.54 Å². The summed E-state index contributed by atoms with van der Waals surface area (Å²) in [6, 6.07) is 1.07. The zero-order valence-electron chi connectivity index (χ0n) is 8.31. The smallest absolute Gasteiger partial charge is 0.254 e. The van der Waals surface area contributed by atoms with E-state index in [4.69, 9.17) is 0 Å². The summed E-state index contributed by atoms with van der Waals surface area (Å²) < 4.78 is 25.9. The van der Waals surface area contributed by atoms with Crippen LogP contribution in [0.1, 0.15) is 16.2 Å². The number of H-pyrrole nitrogens is 1. The molecular formula is C8H6F2N6O. The van der Waals surface area contributed by atoms with E-state index in [1.54, 1.807) is 0 Å². The summed E-state index contributed by atoms with van der Waals surface area (Å²) in [5, 5.41) is 14.9. The van der Waals surface area contributed by atoms with Crippen molar-refractivity contribution in [2.75, 3.05) is 0 Å². The molecule has 7 nitrogen and oxygen atoms in total. The zero-order valence-corrected chi connectivity index (χ0v) is 8.31. The van der Waals surface area contributed by atoms with Crippen molar-refractivity contribution in [3.05, 3.63) is 35.4 Å². The van der Waals surface area contributed by atoms with Crippen LogP contribution in [0.25, 0.3) is 0 Å². The summed E-state index contributed by atoms with van der Waals surface area (Å²) in [5.41, 5.74) is -0.430. The van der Waals surface area contributed by atoms with Crippen molar-refractivity contribution in [2.45, 2.75) is 6.54 Å². The van der Waals surface area contributed by atoms with Gasteiger partial charge >= 0.3 is 0 Å². The highest BCUT2D eigenvalue weighted by Gasteiger charge is 2.16. The minimum absolute atomic E-state index is 0.0429. The van der Waals surface area contributed by atoms with E-state index in [0.717, 1.165) is 12.3 Å². The molecule has 2 N–H and O–H groups in total. The van der Waals surface area contributed by atoms with E-state index in [-0.39, 0.29) is 12.4 Å². The van der Waals surface area contributed by atoms with E-state index in [9.17, 15) is 13.6 Å². The molecule has 2 heterocycles. The summed E-state index contributed by atoms with van der Waals surface area (Å²) in [6.45, 7) is -0.0429. The van der Waals surface area contributed by atoms with Crippen LogP contribution in [0.15, 0.2) is 12.3 Å². The maximum atomic E-state index is 13.2. The Labute approximate surface area is 93.3 Å². The van der Waals surface area contributed by atoms with Crippen molar-refractivity contribution in [3.63, 3.8) is 0 Å². The molecule has 17 heavy (non-hydrogen) atoms. The third-order valence-electron chi connectivity index (χ3n) is 1.89. The van der Waals surface area contributed by atoms with E-state index >= 15 is 0 Å². The standard InChI is InChI=1S/C8H6F2N6O/c9-6-4(1-2-11-7(6)10)8(17)12-3-5-13-15-16-14-5/h1-2H,3H2,(H,12,17)(H,13,14,15,16). The van der Waals surface area contributed by atoms with Crippen molar-refractivity contribution < 1.29 is 13.6 Å².